The quantitative estimate of drug-likeness (QED) is 0.742. The number of benzene rings is 1. The van der Waals surface area contributed by atoms with E-state index < -0.39 is 11.8 Å². The molecule has 8 heteroatoms. The molecule has 0 unspecified atom stereocenters. The van der Waals surface area contributed by atoms with Crippen LogP contribution in [0.1, 0.15) is 26.7 Å². The second kappa shape index (κ2) is 8.85. The van der Waals surface area contributed by atoms with Gasteiger partial charge in [0.2, 0.25) is 11.8 Å². The third-order valence-electron chi connectivity index (χ3n) is 3.55. The number of rotatable bonds is 6. The smallest absolute Gasteiger partial charge is 0.321 e. The predicted octanol–water partition coefficient (Wildman–Crippen LogP) is 2.16. The van der Waals surface area contributed by atoms with Crippen LogP contribution in [0, 0.1) is 5.82 Å². The molecule has 0 heterocycles. The van der Waals surface area contributed by atoms with Gasteiger partial charge in [0.1, 0.15) is 5.82 Å². The highest BCUT2D eigenvalue weighted by atomic mass is 19.1. The third kappa shape index (κ3) is 5.53. The summed E-state index contributed by atoms with van der Waals surface area (Å²) in [5.74, 6) is -1.03. The Morgan fingerprint density at radius 3 is 2.46 bits per heavy atom. The summed E-state index contributed by atoms with van der Waals surface area (Å²) in [5.41, 5.74) is 0.340. The lowest BCUT2D eigenvalue weighted by molar-refractivity contribution is -0.121. The van der Waals surface area contributed by atoms with E-state index in [-0.39, 0.29) is 30.0 Å². The van der Waals surface area contributed by atoms with Gasteiger partial charge in [0.05, 0.1) is 5.69 Å². The average molecular weight is 338 g/mol. The zero-order valence-electron chi connectivity index (χ0n) is 14.3. The van der Waals surface area contributed by atoms with Gasteiger partial charge in [-0.25, -0.2) is 9.18 Å². The Kier molecular flexibility index (Phi) is 7.16. The van der Waals surface area contributed by atoms with E-state index in [1.807, 2.05) is 0 Å². The van der Waals surface area contributed by atoms with Crippen molar-refractivity contribution in [2.45, 2.75) is 32.7 Å². The Labute approximate surface area is 140 Å². The van der Waals surface area contributed by atoms with Crippen LogP contribution < -0.4 is 16.0 Å². The second-order valence-electron chi connectivity index (χ2n) is 5.36. The maximum absolute atomic E-state index is 13.9. The molecule has 0 saturated carbocycles. The van der Waals surface area contributed by atoms with Gasteiger partial charge in [-0.05, 0) is 25.1 Å². The minimum atomic E-state index is -0.620. The molecule has 0 fully saturated rings. The highest BCUT2D eigenvalue weighted by Gasteiger charge is 2.19. The standard InChI is InChI=1S/C16H23FN4O3/c1-5-14(22)19-11-6-7-12(17)13(9-11)20-16(24)21(4)10(2)8-15(23)18-3/h6-7,9-10H,5,8H2,1-4H3,(H,18,23)(H,19,22)(H,20,24)/t10-/m1/s1. The van der Waals surface area contributed by atoms with E-state index in [0.29, 0.717) is 12.1 Å². The first kappa shape index (κ1) is 19.4. The number of nitrogens with zero attached hydrogens (tertiary/aromatic N) is 1. The number of carbonyl (C=O) groups is 3. The number of anilines is 2. The fourth-order valence-electron chi connectivity index (χ4n) is 1.86. The van der Waals surface area contributed by atoms with Gasteiger partial charge in [-0.1, -0.05) is 6.92 Å². The van der Waals surface area contributed by atoms with Gasteiger partial charge in [0.25, 0.3) is 0 Å². The molecular formula is C16H23FN4O3. The van der Waals surface area contributed by atoms with Crippen LogP contribution in [0.5, 0.6) is 0 Å². The van der Waals surface area contributed by atoms with Crippen LogP contribution in [0.4, 0.5) is 20.6 Å². The largest absolute Gasteiger partial charge is 0.359 e. The highest BCUT2D eigenvalue weighted by Crippen LogP contribution is 2.20. The normalized spacial score (nSPS) is 11.4. The maximum atomic E-state index is 13.9. The first-order chi connectivity index (χ1) is 11.3. The van der Waals surface area contributed by atoms with Crippen molar-refractivity contribution in [1.29, 1.82) is 0 Å². The summed E-state index contributed by atoms with van der Waals surface area (Å²) in [6, 6.07) is 3.00. The molecule has 0 saturated heterocycles. The van der Waals surface area contributed by atoms with Crippen LogP contribution in [0.2, 0.25) is 0 Å². The molecule has 0 spiro atoms. The molecule has 24 heavy (non-hydrogen) atoms. The van der Waals surface area contributed by atoms with E-state index in [0.717, 1.165) is 6.07 Å². The molecule has 3 N–H and O–H groups in total. The summed E-state index contributed by atoms with van der Waals surface area (Å²) >= 11 is 0. The number of amides is 4. The monoisotopic (exact) mass is 338 g/mol. The number of hydrogen-bond donors (Lipinski definition) is 3. The first-order valence-corrected chi connectivity index (χ1v) is 7.62. The van der Waals surface area contributed by atoms with Gasteiger partial charge >= 0.3 is 6.03 Å². The van der Waals surface area contributed by atoms with Crippen molar-refractivity contribution in [3.63, 3.8) is 0 Å². The molecule has 0 aliphatic carbocycles. The molecule has 132 valence electrons. The fourth-order valence-corrected chi connectivity index (χ4v) is 1.86. The molecule has 0 radical (unpaired) electrons. The zero-order chi connectivity index (χ0) is 18.3. The highest BCUT2D eigenvalue weighted by molar-refractivity contribution is 5.93. The summed E-state index contributed by atoms with van der Waals surface area (Å²) < 4.78 is 13.9. The Hall–Kier alpha value is -2.64. The van der Waals surface area contributed by atoms with Gasteiger partial charge in [-0.15, -0.1) is 0 Å². The Morgan fingerprint density at radius 2 is 1.88 bits per heavy atom. The van der Waals surface area contributed by atoms with E-state index >= 15 is 0 Å². The van der Waals surface area contributed by atoms with Gasteiger partial charge in [-0.2, -0.15) is 0 Å². The first-order valence-electron chi connectivity index (χ1n) is 7.62. The van der Waals surface area contributed by atoms with Crippen LogP contribution in [-0.4, -0.2) is 42.9 Å². The molecule has 1 atom stereocenters. The molecule has 1 aromatic carbocycles. The molecule has 1 rings (SSSR count). The van der Waals surface area contributed by atoms with Crippen molar-refractivity contribution in [2.24, 2.45) is 0 Å². The minimum absolute atomic E-state index is 0.0482. The SMILES string of the molecule is CCC(=O)Nc1ccc(F)c(NC(=O)N(C)[C@H](C)CC(=O)NC)c1. The molecule has 7 nitrogen and oxygen atoms in total. The van der Waals surface area contributed by atoms with Crippen LogP contribution in [-0.2, 0) is 9.59 Å². The van der Waals surface area contributed by atoms with E-state index in [9.17, 15) is 18.8 Å². The Morgan fingerprint density at radius 1 is 1.21 bits per heavy atom. The lowest BCUT2D eigenvalue weighted by atomic mass is 10.2. The summed E-state index contributed by atoms with van der Waals surface area (Å²) in [5, 5.41) is 7.52. The van der Waals surface area contributed by atoms with Crippen molar-refractivity contribution in [3.8, 4) is 0 Å². The molecular weight excluding hydrogens is 315 g/mol. The van der Waals surface area contributed by atoms with Crippen LogP contribution in [0.15, 0.2) is 18.2 Å². The Bertz CT molecular complexity index is 621. The number of hydrogen-bond acceptors (Lipinski definition) is 3. The number of nitrogens with one attached hydrogen (secondary N) is 3. The number of urea groups is 1. The summed E-state index contributed by atoms with van der Waals surface area (Å²) in [6.45, 7) is 3.41. The molecule has 1 aromatic rings. The minimum Gasteiger partial charge on any atom is -0.359 e. The van der Waals surface area contributed by atoms with Crippen molar-refractivity contribution in [2.75, 3.05) is 24.7 Å². The van der Waals surface area contributed by atoms with E-state index in [4.69, 9.17) is 0 Å². The molecule has 0 aromatic heterocycles. The molecule has 0 aliphatic rings. The van der Waals surface area contributed by atoms with Gasteiger partial charge in [-0.3, -0.25) is 9.59 Å². The fraction of sp³-hybridized carbons (Fsp3) is 0.438. The van der Waals surface area contributed by atoms with Crippen LogP contribution in [0.25, 0.3) is 0 Å². The van der Waals surface area contributed by atoms with Gasteiger partial charge in [0.15, 0.2) is 0 Å². The molecule has 0 aliphatic heterocycles. The number of carbonyl (C=O) groups excluding carboxylic acids is 3. The summed E-state index contributed by atoms with van der Waals surface area (Å²) in [6.07, 6.45) is 0.425. The third-order valence-corrected chi connectivity index (χ3v) is 3.55. The summed E-state index contributed by atoms with van der Waals surface area (Å²) in [7, 11) is 3.03. The van der Waals surface area contributed by atoms with Gasteiger partial charge < -0.3 is 20.9 Å². The lowest BCUT2D eigenvalue weighted by Gasteiger charge is -2.24. The molecule has 4 amide bonds. The van der Waals surface area contributed by atoms with Crippen molar-refractivity contribution < 1.29 is 18.8 Å². The van der Waals surface area contributed by atoms with Crippen molar-refractivity contribution in [1.82, 2.24) is 10.2 Å². The van der Waals surface area contributed by atoms with E-state index in [1.165, 1.54) is 31.1 Å². The van der Waals surface area contributed by atoms with Crippen molar-refractivity contribution in [3.05, 3.63) is 24.0 Å². The van der Waals surface area contributed by atoms with Crippen LogP contribution >= 0.6 is 0 Å². The zero-order valence-corrected chi connectivity index (χ0v) is 14.3. The maximum Gasteiger partial charge on any atom is 0.321 e. The topological polar surface area (TPSA) is 90.5 Å². The van der Waals surface area contributed by atoms with E-state index in [2.05, 4.69) is 16.0 Å². The van der Waals surface area contributed by atoms with Crippen LogP contribution in [0.3, 0.4) is 0 Å². The van der Waals surface area contributed by atoms with Gasteiger partial charge in [0, 0.05) is 38.7 Å². The Balaban J connectivity index is 2.80. The summed E-state index contributed by atoms with van der Waals surface area (Å²) in [4.78, 5) is 36.3. The number of halogens is 1. The average Bonchev–Trinajstić information content (AvgIpc) is 2.56. The van der Waals surface area contributed by atoms with Crippen molar-refractivity contribution >= 4 is 29.2 Å². The molecule has 0 bridgehead atoms. The second-order valence-corrected chi connectivity index (χ2v) is 5.36. The predicted molar refractivity (Wildman–Crippen MR) is 90.2 cm³/mol. The lowest BCUT2D eigenvalue weighted by Crippen LogP contribution is -2.40. The van der Waals surface area contributed by atoms with E-state index in [1.54, 1.807) is 13.8 Å².